The Bertz CT molecular complexity index is 540. The van der Waals surface area contributed by atoms with Gasteiger partial charge in [-0.2, -0.15) is 0 Å². The highest BCUT2D eigenvalue weighted by Crippen LogP contribution is 2.22. The van der Waals surface area contributed by atoms with Gasteiger partial charge >= 0.3 is 6.09 Å². The van der Waals surface area contributed by atoms with Crippen LogP contribution in [-0.2, 0) is 4.74 Å². The Balaban J connectivity index is 2.61. The smallest absolute Gasteiger partial charge is 0.418 e. The molecular formula is C13H13NO2. The zero-order valence-electron chi connectivity index (χ0n) is 9.14. The zero-order valence-corrected chi connectivity index (χ0v) is 9.14. The molecule has 0 amide bonds. The van der Waals surface area contributed by atoms with Crippen LogP contribution in [0.5, 0.6) is 0 Å². The average Bonchev–Trinajstić information content (AvgIpc) is 2.68. The summed E-state index contributed by atoms with van der Waals surface area (Å²) in [4.78, 5) is 11.7. The van der Waals surface area contributed by atoms with Gasteiger partial charge in [-0.25, -0.2) is 4.79 Å². The molecule has 0 bridgehead atoms. The second kappa shape index (κ2) is 4.23. The number of benzene rings is 1. The summed E-state index contributed by atoms with van der Waals surface area (Å²) >= 11 is 0. The predicted octanol–water partition coefficient (Wildman–Crippen LogP) is 3.29. The van der Waals surface area contributed by atoms with E-state index >= 15 is 0 Å². The Morgan fingerprint density at radius 3 is 2.94 bits per heavy atom. The molecule has 0 aliphatic heterocycles. The van der Waals surface area contributed by atoms with Crippen LogP contribution < -0.4 is 0 Å². The van der Waals surface area contributed by atoms with Gasteiger partial charge in [0.05, 0.1) is 12.1 Å². The number of carbonyl (C=O) groups excluding carboxylic acids is 1. The number of hydrogen-bond acceptors (Lipinski definition) is 2. The van der Waals surface area contributed by atoms with Crippen LogP contribution >= 0.6 is 0 Å². The lowest BCUT2D eigenvalue weighted by Crippen LogP contribution is -2.11. The van der Waals surface area contributed by atoms with Crippen LogP contribution in [0.2, 0.25) is 0 Å². The van der Waals surface area contributed by atoms with Crippen molar-refractivity contribution in [1.29, 1.82) is 0 Å². The first-order valence-electron chi connectivity index (χ1n) is 5.17. The maximum Gasteiger partial charge on any atom is 0.418 e. The summed E-state index contributed by atoms with van der Waals surface area (Å²) in [6, 6.07) is 7.68. The summed E-state index contributed by atoms with van der Waals surface area (Å²) < 4.78 is 6.49. The summed E-state index contributed by atoms with van der Waals surface area (Å²) in [5, 5.41) is 1.01. The van der Waals surface area contributed by atoms with Crippen molar-refractivity contribution in [3.05, 3.63) is 42.6 Å². The van der Waals surface area contributed by atoms with Crippen LogP contribution in [0.4, 0.5) is 4.79 Å². The molecule has 0 saturated heterocycles. The monoisotopic (exact) mass is 215 g/mol. The van der Waals surface area contributed by atoms with Crippen LogP contribution in [0.1, 0.15) is 12.5 Å². The first-order valence-corrected chi connectivity index (χ1v) is 5.17. The van der Waals surface area contributed by atoms with E-state index in [2.05, 4.69) is 6.58 Å². The van der Waals surface area contributed by atoms with Crippen LogP contribution in [0.25, 0.3) is 17.0 Å². The van der Waals surface area contributed by atoms with E-state index in [0.29, 0.717) is 6.61 Å². The molecule has 1 aromatic carbocycles. The average molecular weight is 215 g/mol. The van der Waals surface area contributed by atoms with Crippen LogP contribution in [0.15, 0.2) is 37.0 Å². The maximum absolute atomic E-state index is 11.7. The third-order valence-corrected chi connectivity index (χ3v) is 2.43. The number of hydrogen-bond donors (Lipinski definition) is 0. The summed E-state index contributed by atoms with van der Waals surface area (Å²) in [7, 11) is 0. The van der Waals surface area contributed by atoms with Gasteiger partial charge in [-0.05, 0) is 13.0 Å². The fourth-order valence-electron chi connectivity index (χ4n) is 1.71. The van der Waals surface area contributed by atoms with Crippen molar-refractivity contribution in [3.8, 4) is 0 Å². The Hall–Kier alpha value is -2.03. The molecule has 0 unspecified atom stereocenters. The van der Waals surface area contributed by atoms with Crippen molar-refractivity contribution in [3.63, 3.8) is 0 Å². The highest BCUT2D eigenvalue weighted by molar-refractivity contribution is 5.95. The lowest BCUT2D eigenvalue weighted by molar-refractivity contribution is 0.155. The molecule has 2 aromatic rings. The summed E-state index contributed by atoms with van der Waals surface area (Å²) in [6.07, 6.45) is 3.13. The lowest BCUT2D eigenvalue weighted by Gasteiger charge is -2.03. The van der Waals surface area contributed by atoms with E-state index in [1.807, 2.05) is 24.3 Å². The quantitative estimate of drug-likeness (QED) is 0.769. The Morgan fingerprint density at radius 2 is 2.25 bits per heavy atom. The highest BCUT2D eigenvalue weighted by atomic mass is 16.5. The molecule has 0 aliphatic carbocycles. The van der Waals surface area contributed by atoms with Gasteiger partial charge in [-0.1, -0.05) is 30.9 Å². The third-order valence-electron chi connectivity index (χ3n) is 2.43. The van der Waals surface area contributed by atoms with Crippen molar-refractivity contribution >= 4 is 23.1 Å². The normalized spacial score (nSPS) is 10.3. The second-order valence-corrected chi connectivity index (χ2v) is 3.37. The number of para-hydroxylation sites is 1. The first-order chi connectivity index (χ1) is 7.77. The molecule has 3 heteroatoms. The highest BCUT2D eigenvalue weighted by Gasteiger charge is 2.11. The molecule has 0 atom stereocenters. The lowest BCUT2D eigenvalue weighted by atomic mass is 10.2. The summed E-state index contributed by atoms with van der Waals surface area (Å²) in [5.41, 5.74) is 1.78. The van der Waals surface area contributed by atoms with E-state index in [-0.39, 0.29) is 6.09 Å². The van der Waals surface area contributed by atoms with E-state index < -0.39 is 0 Å². The molecule has 2 rings (SSSR count). The Kier molecular flexibility index (Phi) is 2.77. The first kappa shape index (κ1) is 10.5. The number of ether oxygens (including phenoxy) is 1. The number of fused-ring (bicyclic) bond motifs is 1. The van der Waals surface area contributed by atoms with Gasteiger partial charge in [0.15, 0.2) is 0 Å². The van der Waals surface area contributed by atoms with E-state index in [4.69, 9.17) is 4.74 Å². The van der Waals surface area contributed by atoms with Crippen molar-refractivity contribution in [1.82, 2.24) is 4.57 Å². The minimum absolute atomic E-state index is 0.355. The van der Waals surface area contributed by atoms with Gasteiger partial charge in [0.1, 0.15) is 0 Å². The number of carbonyl (C=O) groups is 1. The van der Waals surface area contributed by atoms with Gasteiger partial charge in [-0.15, -0.1) is 0 Å². The van der Waals surface area contributed by atoms with Crippen molar-refractivity contribution in [2.75, 3.05) is 6.61 Å². The van der Waals surface area contributed by atoms with Crippen molar-refractivity contribution in [2.24, 2.45) is 0 Å². The Morgan fingerprint density at radius 1 is 1.50 bits per heavy atom. The van der Waals surface area contributed by atoms with Gasteiger partial charge < -0.3 is 4.74 Å². The molecule has 0 radical (unpaired) electrons. The molecule has 0 fully saturated rings. The van der Waals surface area contributed by atoms with E-state index in [9.17, 15) is 4.79 Å². The second-order valence-electron chi connectivity index (χ2n) is 3.37. The minimum atomic E-state index is -0.355. The fraction of sp³-hybridized carbons (Fsp3) is 0.154. The van der Waals surface area contributed by atoms with Gasteiger partial charge in [0.25, 0.3) is 0 Å². The molecule has 16 heavy (non-hydrogen) atoms. The molecule has 0 saturated carbocycles. The van der Waals surface area contributed by atoms with Crippen LogP contribution in [-0.4, -0.2) is 17.3 Å². The summed E-state index contributed by atoms with van der Waals surface area (Å²) in [6.45, 7) is 5.89. The fourth-order valence-corrected chi connectivity index (χ4v) is 1.71. The molecule has 0 aliphatic rings. The third kappa shape index (κ3) is 1.60. The van der Waals surface area contributed by atoms with Gasteiger partial charge in [0.2, 0.25) is 0 Å². The predicted molar refractivity (Wildman–Crippen MR) is 64.4 cm³/mol. The maximum atomic E-state index is 11.7. The zero-order chi connectivity index (χ0) is 11.5. The molecule has 82 valence electrons. The van der Waals surface area contributed by atoms with Gasteiger partial charge in [-0.3, -0.25) is 4.57 Å². The molecule has 0 spiro atoms. The summed E-state index contributed by atoms with van der Waals surface area (Å²) in [5.74, 6) is 0. The largest absolute Gasteiger partial charge is 0.449 e. The van der Waals surface area contributed by atoms with E-state index in [1.54, 1.807) is 19.2 Å². The van der Waals surface area contributed by atoms with Gasteiger partial charge in [0, 0.05) is 17.1 Å². The van der Waals surface area contributed by atoms with E-state index in [0.717, 1.165) is 16.5 Å². The molecule has 0 N–H and O–H groups in total. The molecule has 1 heterocycles. The minimum Gasteiger partial charge on any atom is -0.449 e. The topological polar surface area (TPSA) is 31.2 Å². The number of nitrogens with zero attached hydrogens (tertiary/aromatic N) is 1. The molecular weight excluding hydrogens is 202 g/mol. The standard InChI is InChI=1S/C13H13NO2/c1-3-10-9-14(13(15)16-4-2)12-8-6-5-7-11(10)12/h3,5-9H,1,4H2,2H3. The van der Waals surface area contributed by atoms with Crippen molar-refractivity contribution < 1.29 is 9.53 Å². The van der Waals surface area contributed by atoms with Crippen LogP contribution in [0, 0.1) is 0 Å². The number of aromatic nitrogens is 1. The van der Waals surface area contributed by atoms with Crippen LogP contribution in [0.3, 0.4) is 0 Å². The SMILES string of the molecule is C=Cc1cn(C(=O)OCC)c2ccccc12. The molecule has 1 aromatic heterocycles. The van der Waals surface area contributed by atoms with E-state index in [1.165, 1.54) is 4.57 Å². The number of rotatable bonds is 2. The molecule has 3 nitrogen and oxygen atoms in total. The van der Waals surface area contributed by atoms with Crippen molar-refractivity contribution in [2.45, 2.75) is 6.92 Å². The Labute approximate surface area is 93.9 Å².